The molecule has 0 atom stereocenters. The number of benzene rings is 2. The molecule has 1 aliphatic rings. The number of furan rings is 1. The Morgan fingerprint density at radius 2 is 1.69 bits per heavy atom. The summed E-state index contributed by atoms with van der Waals surface area (Å²) in [6, 6.07) is 18.9. The lowest BCUT2D eigenvalue weighted by Crippen LogP contribution is -2.48. The van der Waals surface area contributed by atoms with E-state index in [2.05, 4.69) is 17.1 Å². The van der Waals surface area contributed by atoms with Gasteiger partial charge in [0.2, 0.25) is 0 Å². The van der Waals surface area contributed by atoms with Crippen molar-refractivity contribution in [3.8, 4) is 5.75 Å². The first-order valence-electron chi connectivity index (χ1n) is 10.8. The number of carbonyl (C=O) groups is 2. The van der Waals surface area contributed by atoms with Gasteiger partial charge in [0.25, 0.3) is 11.8 Å². The monoisotopic (exact) mass is 433 g/mol. The van der Waals surface area contributed by atoms with E-state index in [0.29, 0.717) is 24.6 Å². The summed E-state index contributed by atoms with van der Waals surface area (Å²) in [6.07, 6.45) is 2.48. The Hall–Kier alpha value is -3.74. The molecule has 1 aromatic heterocycles. The minimum atomic E-state index is -0.206. The van der Waals surface area contributed by atoms with Gasteiger partial charge in [-0.1, -0.05) is 19.1 Å². The lowest BCUT2D eigenvalue weighted by molar-refractivity contribution is -0.118. The molecule has 32 heavy (non-hydrogen) atoms. The van der Waals surface area contributed by atoms with Gasteiger partial charge in [-0.05, 0) is 60.5 Å². The molecule has 7 heteroatoms. The molecule has 2 aromatic carbocycles. The maximum Gasteiger partial charge on any atom is 0.289 e. The number of piperazine rings is 1. The highest BCUT2D eigenvalue weighted by molar-refractivity contribution is 5.92. The van der Waals surface area contributed by atoms with Crippen LogP contribution in [0.2, 0.25) is 0 Å². The molecule has 0 spiro atoms. The molecule has 0 unspecified atom stereocenters. The van der Waals surface area contributed by atoms with E-state index in [0.717, 1.165) is 30.9 Å². The Morgan fingerprint density at radius 1 is 0.969 bits per heavy atom. The maximum absolute atomic E-state index is 12.4. The minimum absolute atomic E-state index is 0.0428. The quantitative estimate of drug-likeness (QED) is 0.613. The van der Waals surface area contributed by atoms with E-state index >= 15 is 0 Å². The van der Waals surface area contributed by atoms with E-state index in [4.69, 9.17) is 9.15 Å². The summed E-state index contributed by atoms with van der Waals surface area (Å²) in [7, 11) is 0. The molecule has 7 nitrogen and oxygen atoms in total. The zero-order valence-corrected chi connectivity index (χ0v) is 18.1. The number of hydrogen-bond acceptors (Lipinski definition) is 5. The summed E-state index contributed by atoms with van der Waals surface area (Å²) < 4.78 is 10.8. The van der Waals surface area contributed by atoms with Crippen molar-refractivity contribution in [1.29, 1.82) is 0 Å². The van der Waals surface area contributed by atoms with Crippen LogP contribution in [0.3, 0.4) is 0 Å². The smallest absolute Gasteiger partial charge is 0.289 e. The fourth-order valence-corrected chi connectivity index (χ4v) is 3.65. The predicted molar refractivity (Wildman–Crippen MR) is 123 cm³/mol. The van der Waals surface area contributed by atoms with E-state index in [9.17, 15) is 9.59 Å². The van der Waals surface area contributed by atoms with E-state index in [-0.39, 0.29) is 18.4 Å². The van der Waals surface area contributed by atoms with E-state index in [1.54, 1.807) is 17.0 Å². The molecular weight excluding hydrogens is 406 g/mol. The van der Waals surface area contributed by atoms with E-state index < -0.39 is 0 Å². The number of aryl methyl sites for hydroxylation is 1. The third-order valence-corrected chi connectivity index (χ3v) is 5.52. The van der Waals surface area contributed by atoms with Crippen LogP contribution in [0.25, 0.3) is 0 Å². The molecule has 166 valence electrons. The highest BCUT2D eigenvalue weighted by Gasteiger charge is 2.23. The number of hydrogen-bond donors (Lipinski definition) is 1. The molecule has 0 radical (unpaired) electrons. The Labute approximate surface area is 187 Å². The number of amides is 2. The average molecular weight is 434 g/mol. The molecule has 0 saturated carbocycles. The standard InChI is InChI=1S/C25H27N3O4/c1-2-19-5-11-22(12-6-19)32-18-24(29)26-20-7-9-21(10-8-20)27-13-15-28(16-14-27)25(30)23-4-3-17-31-23/h3-12,17H,2,13-16,18H2,1H3,(H,26,29). The second-order valence-electron chi connectivity index (χ2n) is 7.64. The molecule has 0 aliphatic carbocycles. The second-order valence-corrected chi connectivity index (χ2v) is 7.64. The van der Waals surface area contributed by atoms with Crippen LogP contribution in [0.1, 0.15) is 23.0 Å². The van der Waals surface area contributed by atoms with Crippen LogP contribution < -0.4 is 15.0 Å². The molecule has 2 heterocycles. The van der Waals surface area contributed by atoms with Crippen molar-refractivity contribution in [2.45, 2.75) is 13.3 Å². The Kier molecular flexibility index (Phi) is 6.75. The molecule has 4 rings (SSSR count). The van der Waals surface area contributed by atoms with Crippen LogP contribution in [-0.4, -0.2) is 49.5 Å². The number of rotatable bonds is 7. The summed E-state index contributed by atoms with van der Waals surface area (Å²) in [6.45, 7) is 4.80. The first-order chi connectivity index (χ1) is 15.6. The van der Waals surface area contributed by atoms with Gasteiger partial charge in [0, 0.05) is 37.6 Å². The Morgan fingerprint density at radius 3 is 2.31 bits per heavy atom. The zero-order chi connectivity index (χ0) is 22.3. The highest BCUT2D eigenvalue weighted by Crippen LogP contribution is 2.20. The van der Waals surface area contributed by atoms with E-state index in [1.165, 1.54) is 11.8 Å². The van der Waals surface area contributed by atoms with Crippen molar-refractivity contribution in [3.63, 3.8) is 0 Å². The van der Waals surface area contributed by atoms with Crippen molar-refractivity contribution < 1.29 is 18.7 Å². The molecule has 1 saturated heterocycles. The lowest BCUT2D eigenvalue weighted by atomic mass is 10.2. The second kappa shape index (κ2) is 10.0. The SMILES string of the molecule is CCc1ccc(OCC(=O)Nc2ccc(N3CCN(C(=O)c4ccco4)CC3)cc2)cc1. The molecule has 1 N–H and O–H groups in total. The molecule has 1 fully saturated rings. The molecular formula is C25H27N3O4. The van der Waals surface area contributed by atoms with Gasteiger partial charge in [0.1, 0.15) is 5.75 Å². The fourth-order valence-electron chi connectivity index (χ4n) is 3.65. The summed E-state index contributed by atoms with van der Waals surface area (Å²) >= 11 is 0. The van der Waals surface area contributed by atoms with Crippen LogP contribution in [0.4, 0.5) is 11.4 Å². The van der Waals surface area contributed by atoms with Gasteiger partial charge in [0.15, 0.2) is 12.4 Å². The van der Waals surface area contributed by atoms with Gasteiger partial charge in [-0.2, -0.15) is 0 Å². The van der Waals surface area contributed by atoms with Gasteiger partial charge in [-0.3, -0.25) is 9.59 Å². The minimum Gasteiger partial charge on any atom is -0.484 e. The van der Waals surface area contributed by atoms with Crippen LogP contribution in [0.15, 0.2) is 71.3 Å². The number of nitrogens with zero attached hydrogens (tertiary/aromatic N) is 2. The number of ether oxygens (including phenoxy) is 1. The largest absolute Gasteiger partial charge is 0.484 e. The van der Waals surface area contributed by atoms with E-state index in [1.807, 2.05) is 48.5 Å². The van der Waals surface area contributed by atoms with Crippen LogP contribution in [0.5, 0.6) is 5.75 Å². The highest BCUT2D eigenvalue weighted by atomic mass is 16.5. The fraction of sp³-hybridized carbons (Fsp3) is 0.280. The molecule has 1 aliphatic heterocycles. The van der Waals surface area contributed by atoms with Crippen molar-refractivity contribution >= 4 is 23.2 Å². The third kappa shape index (κ3) is 5.29. The number of nitrogens with one attached hydrogen (secondary N) is 1. The van der Waals surface area contributed by atoms with Gasteiger partial charge >= 0.3 is 0 Å². The maximum atomic E-state index is 12.4. The van der Waals surface area contributed by atoms with Gasteiger partial charge in [-0.25, -0.2) is 0 Å². The molecule has 2 amide bonds. The summed E-state index contributed by atoms with van der Waals surface area (Å²) in [5.74, 6) is 0.775. The molecule has 3 aromatic rings. The first-order valence-corrected chi connectivity index (χ1v) is 10.8. The summed E-state index contributed by atoms with van der Waals surface area (Å²) in [4.78, 5) is 28.6. The normalized spacial score (nSPS) is 13.7. The van der Waals surface area contributed by atoms with Crippen LogP contribution in [-0.2, 0) is 11.2 Å². The third-order valence-electron chi connectivity index (χ3n) is 5.52. The van der Waals surface area contributed by atoms with Crippen molar-refractivity contribution in [3.05, 3.63) is 78.3 Å². The van der Waals surface area contributed by atoms with Gasteiger partial charge in [0.05, 0.1) is 6.26 Å². The van der Waals surface area contributed by atoms with Gasteiger partial charge in [-0.15, -0.1) is 0 Å². The van der Waals surface area contributed by atoms with Crippen molar-refractivity contribution in [2.75, 3.05) is 43.0 Å². The topological polar surface area (TPSA) is 75.0 Å². The van der Waals surface area contributed by atoms with Gasteiger partial charge < -0.3 is 24.3 Å². The van der Waals surface area contributed by atoms with Crippen LogP contribution >= 0.6 is 0 Å². The Bertz CT molecular complexity index is 1020. The lowest BCUT2D eigenvalue weighted by Gasteiger charge is -2.35. The van der Waals surface area contributed by atoms with Crippen molar-refractivity contribution in [2.24, 2.45) is 0 Å². The number of carbonyl (C=O) groups excluding carboxylic acids is 2. The number of anilines is 2. The summed E-state index contributed by atoms with van der Waals surface area (Å²) in [5.41, 5.74) is 3.00. The van der Waals surface area contributed by atoms with Crippen LogP contribution in [0, 0.1) is 0 Å². The molecule has 0 bridgehead atoms. The zero-order valence-electron chi connectivity index (χ0n) is 18.1. The summed E-state index contributed by atoms with van der Waals surface area (Å²) in [5, 5.41) is 2.86. The average Bonchev–Trinajstić information content (AvgIpc) is 3.38. The first kappa shape index (κ1) is 21.5. The predicted octanol–water partition coefficient (Wildman–Crippen LogP) is 3.82. The Balaban J connectivity index is 1.24. The van der Waals surface area contributed by atoms with Crippen molar-refractivity contribution in [1.82, 2.24) is 4.90 Å².